The number of thiophene rings is 1. The van der Waals surface area contributed by atoms with Gasteiger partial charge in [-0.25, -0.2) is 0 Å². The van der Waals surface area contributed by atoms with E-state index >= 15 is 0 Å². The molecule has 58 valence electrons. The SMILES string of the molecule is Brc1ccc(C=C2CNC2)s1. The third kappa shape index (κ3) is 1.72. The molecule has 2 heterocycles. The summed E-state index contributed by atoms with van der Waals surface area (Å²) in [6.07, 6.45) is 2.26. The topological polar surface area (TPSA) is 12.0 Å². The summed E-state index contributed by atoms with van der Waals surface area (Å²) < 4.78 is 1.21. The lowest BCUT2D eigenvalue weighted by atomic mass is 10.1. The van der Waals surface area contributed by atoms with Crippen molar-refractivity contribution in [3.63, 3.8) is 0 Å². The van der Waals surface area contributed by atoms with E-state index in [-0.39, 0.29) is 0 Å². The van der Waals surface area contributed by atoms with Gasteiger partial charge in [0.1, 0.15) is 0 Å². The number of halogens is 1. The van der Waals surface area contributed by atoms with E-state index in [0.29, 0.717) is 0 Å². The fourth-order valence-electron chi connectivity index (χ4n) is 0.978. The number of rotatable bonds is 1. The van der Waals surface area contributed by atoms with Crippen LogP contribution in [0.15, 0.2) is 21.5 Å². The van der Waals surface area contributed by atoms with Crippen molar-refractivity contribution in [1.82, 2.24) is 5.32 Å². The van der Waals surface area contributed by atoms with Crippen molar-refractivity contribution in [2.24, 2.45) is 0 Å². The summed E-state index contributed by atoms with van der Waals surface area (Å²) >= 11 is 5.21. The lowest BCUT2D eigenvalue weighted by molar-refractivity contribution is 0.675. The Morgan fingerprint density at radius 3 is 2.73 bits per heavy atom. The first-order valence-corrected chi connectivity index (χ1v) is 5.11. The van der Waals surface area contributed by atoms with Crippen LogP contribution in [0.3, 0.4) is 0 Å². The molecule has 1 aliphatic rings. The van der Waals surface area contributed by atoms with Gasteiger partial charge in [0.15, 0.2) is 0 Å². The highest BCUT2D eigenvalue weighted by Crippen LogP contribution is 2.24. The third-order valence-corrected chi connectivity index (χ3v) is 3.22. The van der Waals surface area contributed by atoms with E-state index in [1.165, 1.54) is 14.2 Å². The molecular weight excluding hydrogens is 222 g/mol. The Labute approximate surface area is 78.3 Å². The quantitative estimate of drug-likeness (QED) is 0.781. The summed E-state index contributed by atoms with van der Waals surface area (Å²) in [5, 5.41) is 3.21. The van der Waals surface area contributed by atoms with Crippen LogP contribution in [0.4, 0.5) is 0 Å². The first kappa shape index (κ1) is 7.53. The lowest BCUT2D eigenvalue weighted by Crippen LogP contribution is -2.33. The second kappa shape index (κ2) is 3.09. The van der Waals surface area contributed by atoms with Crippen LogP contribution in [0.25, 0.3) is 6.08 Å². The van der Waals surface area contributed by atoms with Crippen LogP contribution in [0.5, 0.6) is 0 Å². The largest absolute Gasteiger partial charge is 0.309 e. The normalized spacial score (nSPS) is 16.3. The zero-order chi connectivity index (χ0) is 7.68. The van der Waals surface area contributed by atoms with Gasteiger partial charge in [-0.3, -0.25) is 0 Å². The fourth-order valence-corrected chi connectivity index (χ4v) is 2.39. The van der Waals surface area contributed by atoms with Crippen LogP contribution < -0.4 is 5.32 Å². The molecule has 0 atom stereocenters. The molecule has 0 spiro atoms. The molecule has 0 aromatic carbocycles. The first-order chi connectivity index (χ1) is 5.34. The number of nitrogens with one attached hydrogen (secondary N) is 1. The predicted molar refractivity (Wildman–Crippen MR) is 52.9 cm³/mol. The average molecular weight is 230 g/mol. The molecule has 3 heteroatoms. The van der Waals surface area contributed by atoms with Gasteiger partial charge in [0.05, 0.1) is 3.79 Å². The molecule has 0 aliphatic carbocycles. The first-order valence-electron chi connectivity index (χ1n) is 3.50. The van der Waals surface area contributed by atoms with E-state index in [9.17, 15) is 0 Å². The van der Waals surface area contributed by atoms with Crippen LogP contribution in [-0.2, 0) is 0 Å². The van der Waals surface area contributed by atoms with Crippen molar-refractivity contribution in [1.29, 1.82) is 0 Å². The van der Waals surface area contributed by atoms with Gasteiger partial charge >= 0.3 is 0 Å². The minimum atomic E-state index is 1.06. The maximum atomic E-state index is 3.44. The van der Waals surface area contributed by atoms with E-state index in [1.54, 1.807) is 11.3 Å². The van der Waals surface area contributed by atoms with E-state index in [4.69, 9.17) is 0 Å². The highest BCUT2D eigenvalue weighted by molar-refractivity contribution is 9.11. The molecule has 0 radical (unpaired) electrons. The van der Waals surface area contributed by atoms with Gasteiger partial charge in [0.2, 0.25) is 0 Å². The minimum Gasteiger partial charge on any atom is -0.309 e. The van der Waals surface area contributed by atoms with Crippen molar-refractivity contribution in [3.05, 3.63) is 26.4 Å². The van der Waals surface area contributed by atoms with Crippen LogP contribution in [0.2, 0.25) is 0 Å². The molecule has 11 heavy (non-hydrogen) atoms. The molecule has 1 aromatic rings. The molecular formula is C8H8BrNS. The molecule has 0 amide bonds. The van der Waals surface area contributed by atoms with E-state index in [1.807, 2.05) is 0 Å². The van der Waals surface area contributed by atoms with Crippen molar-refractivity contribution < 1.29 is 0 Å². The molecule has 2 rings (SSSR count). The van der Waals surface area contributed by atoms with E-state index in [2.05, 4.69) is 39.5 Å². The molecule has 1 saturated heterocycles. The Balaban J connectivity index is 2.17. The number of hydrogen-bond donors (Lipinski definition) is 1. The molecule has 0 unspecified atom stereocenters. The summed E-state index contributed by atoms with van der Waals surface area (Å²) in [5.41, 5.74) is 1.50. The van der Waals surface area contributed by atoms with Gasteiger partial charge in [0, 0.05) is 18.0 Å². The molecule has 1 nitrogen and oxygen atoms in total. The smallest absolute Gasteiger partial charge is 0.0704 e. The standard InChI is InChI=1S/C8H8BrNS/c9-8-2-1-7(11-8)3-6-4-10-5-6/h1-3,10H,4-5H2. The molecule has 1 fully saturated rings. The maximum absolute atomic E-state index is 3.44. The molecule has 0 saturated carbocycles. The summed E-state index contributed by atoms with van der Waals surface area (Å²) in [5.74, 6) is 0. The monoisotopic (exact) mass is 229 g/mol. The van der Waals surface area contributed by atoms with Gasteiger partial charge in [-0.2, -0.15) is 0 Å². The van der Waals surface area contributed by atoms with Crippen molar-refractivity contribution in [3.8, 4) is 0 Å². The second-order valence-corrected chi connectivity index (χ2v) is 5.04. The second-order valence-electron chi connectivity index (χ2n) is 2.55. The Morgan fingerprint density at radius 1 is 1.45 bits per heavy atom. The van der Waals surface area contributed by atoms with Crippen molar-refractivity contribution in [2.75, 3.05) is 13.1 Å². The van der Waals surface area contributed by atoms with Gasteiger partial charge in [-0.15, -0.1) is 11.3 Å². The maximum Gasteiger partial charge on any atom is 0.0704 e. The summed E-state index contributed by atoms with van der Waals surface area (Å²) in [6.45, 7) is 2.13. The van der Waals surface area contributed by atoms with Crippen molar-refractivity contribution >= 4 is 33.3 Å². The third-order valence-electron chi connectivity index (χ3n) is 1.64. The van der Waals surface area contributed by atoms with Gasteiger partial charge < -0.3 is 5.32 Å². The summed E-state index contributed by atoms with van der Waals surface area (Å²) in [6, 6.07) is 4.23. The van der Waals surface area contributed by atoms with Crippen LogP contribution in [0.1, 0.15) is 4.88 Å². The predicted octanol–water partition coefficient (Wildman–Crippen LogP) is 2.50. The van der Waals surface area contributed by atoms with Gasteiger partial charge in [0.25, 0.3) is 0 Å². The molecule has 1 N–H and O–H groups in total. The fraction of sp³-hybridized carbons (Fsp3) is 0.250. The highest BCUT2D eigenvalue weighted by Gasteiger charge is 2.06. The Morgan fingerprint density at radius 2 is 2.27 bits per heavy atom. The Kier molecular flexibility index (Phi) is 2.11. The Hall–Kier alpha value is -0.120. The molecule has 1 aliphatic heterocycles. The summed E-state index contributed by atoms with van der Waals surface area (Å²) in [4.78, 5) is 1.34. The van der Waals surface area contributed by atoms with Crippen molar-refractivity contribution in [2.45, 2.75) is 0 Å². The van der Waals surface area contributed by atoms with Crippen LogP contribution >= 0.6 is 27.3 Å². The van der Waals surface area contributed by atoms with E-state index in [0.717, 1.165) is 13.1 Å². The van der Waals surface area contributed by atoms with Crippen LogP contribution in [-0.4, -0.2) is 13.1 Å². The van der Waals surface area contributed by atoms with E-state index < -0.39 is 0 Å². The molecule has 0 bridgehead atoms. The van der Waals surface area contributed by atoms with Crippen LogP contribution in [0, 0.1) is 0 Å². The number of hydrogen-bond acceptors (Lipinski definition) is 2. The van der Waals surface area contributed by atoms with Gasteiger partial charge in [-0.05, 0) is 39.7 Å². The zero-order valence-electron chi connectivity index (χ0n) is 5.93. The van der Waals surface area contributed by atoms with Gasteiger partial charge in [-0.1, -0.05) is 0 Å². The highest BCUT2D eigenvalue weighted by atomic mass is 79.9. The average Bonchev–Trinajstić information content (AvgIpc) is 2.27. The minimum absolute atomic E-state index is 1.06. The Bertz CT molecular complexity index is 284. The lowest BCUT2D eigenvalue weighted by Gasteiger charge is -2.17. The summed E-state index contributed by atoms with van der Waals surface area (Å²) in [7, 11) is 0. The molecule has 1 aromatic heterocycles. The zero-order valence-corrected chi connectivity index (χ0v) is 8.33.